The lowest BCUT2D eigenvalue weighted by Gasteiger charge is -2.26. The summed E-state index contributed by atoms with van der Waals surface area (Å²) in [5, 5.41) is 11.6. The molecule has 1 fully saturated rings. The van der Waals surface area contributed by atoms with E-state index >= 15 is 0 Å². The zero-order valence-corrected chi connectivity index (χ0v) is 13.1. The first kappa shape index (κ1) is 21.9. The van der Waals surface area contributed by atoms with Gasteiger partial charge in [0, 0.05) is 0 Å². The Labute approximate surface area is 125 Å². The highest BCUT2D eigenvalue weighted by atomic mass is 16.6. The standard InChI is InChI=1S/C14H25NO4.2H2O/c1-14(2,3)19-13(18)15-11(12(16)17)9-10-7-5-4-6-8-10;;/h10-11H,4-9H2,1-3H3,(H,15,18)(H,16,17);2*1H2/t11-;;/m0../s1. The van der Waals surface area contributed by atoms with Gasteiger partial charge in [-0.25, -0.2) is 9.59 Å². The van der Waals surface area contributed by atoms with Gasteiger partial charge in [0.2, 0.25) is 0 Å². The average Bonchev–Trinajstić information content (AvgIpc) is 2.26. The number of ether oxygens (including phenoxy) is 1. The average molecular weight is 307 g/mol. The first-order chi connectivity index (χ1) is 8.78. The molecule has 0 aromatic heterocycles. The number of amides is 1. The Hall–Kier alpha value is -1.34. The number of rotatable bonds is 4. The molecule has 1 saturated carbocycles. The van der Waals surface area contributed by atoms with Crippen molar-refractivity contribution in [2.24, 2.45) is 5.92 Å². The maximum Gasteiger partial charge on any atom is 0.408 e. The summed E-state index contributed by atoms with van der Waals surface area (Å²) < 4.78 is 5.09. The van der Waals surface area contributed by atoms with Crippen molar-refractivity contribution in [3.63, 3.8) is 0 Å². The Bertz CT molecular complexity index is 320. The third-order valence-electron chi connectivity index (χ3n) is 3.28. The van der Waals surface area contributed by atoms with Gasteiger partial charge in [0.1, 0.15) is 11.6 Å². The molecule has 1 aliphatic rings. The number of nitrogens with one attached hydrogen (secondary N) is 1. The van der Waals surface area contributed by atoms with Crippen LogP contribution in [0.15, 0.2) is 0 Å². The maximum absolute atomic E-state index is 11.6. The molecule has 0 spiro atoms. The van der Waals surface area contributed by atoms with E-state index < -0.39 is 23.7 Å². The van der Waals surface area contributed by atoms with E-state index in [-0.39, 0.29) is 11.0 Å². The molecule has 0 heterocycles. The number of carbonyl (C=O) groups is 2. The van der Waals surface area contributed by atoms with E-state index in [1.807, 2.05) is 0 Å². The summed E-state index contributed by atoms with van der Waals surface area (Å²) in [6, 6.07) is -0.849. The lowest BCUT2D eigenvalue weighted by Crippen LogP contribution is -2.44. The highest BCUT2D eigenvalue weighted by Gasteiger charge is 2.27. The molecule has 0 aromatic carbocycles. The van der Waals surface area contributed by atoms with E-state index in [1.54, 1.807) is 20.8 Å². The number of carbonyl (C=O) groups excluding carboxylic acids is 1. The van der Waals surface area contributed by atoms with E-state index in [9.17, 15) is 14.7 Å². The van der Waals surface area contributed by atoms with Crippen LogP contribution in [0.5, 0.6) is 0 Å². The highest BCUT2D eigenvalue weighted by molar-refractivity contribution is 5.80. The summed E-state index contributed by atoms with van der Waals surface area (Å²) in [7, 11) is 0. The minimum absolute atomic E-state index is 0. The molecular formula is C14H29NO6. The SMILES string of the molecule is CC(C)(C)OC(=O)N[C@@H](CC1CCCCC1)C(=O)O.O.O. The summed E-state index contributed by atoms with van der Waals surface area (Å²) in [5.74, 6) is -0.596. The van der Waals surface area contributed by atoms with E-state index in [0.717, 1.165) is 25.7 Å². The predicted octanol–water partition coefficient (Wildman–Crippen LogP) is 1.29. The normalized spacial score (nSPS) is 16.9. The Morgan fingerprint density at radius 3 is 2.14 bits per heavy atom. The van der Waals surface area contributed by atoms with Crippen molar-refractivity contribution in [3.05, 3.63) is 0 Å². The van der Waals surface area contributed by atoms with Crippen LogP contribution >= 0.6 is 0 Å². The van der Waals surface area contributed by atoms with Crippen LogP contribution in [0, 0.1) is 5.92 Å². The summed E-state index contributed by atoms with van der Waals surface area (Å²) in [5.41, 5.74) is -0.613. The molecule has 21 heavy (non-hydrogen) atoms. The number of hydrogen-bond acceptors (Lipinski definition) is 3. The van der Waals surface area contributed by atoms with Gasteiger partial charge in [0.25, 0.3) is 0 Å². The third kappa shape index (κ3) is 9.25. The molecule has 0 radical (unpaired) electrons. The van der Waals surface area contributed by atoms with Crippen LogP contribution < -0.4 is 5.32 Å². The molecule has 1 aliphatic carbocycles. The first-order valence-electron chi connectivity index (χ1n) is 7.00. The van der Waals surface area contributed by atoms with E-state index in [1.165, 1.54) is 6.42 Å². The van der Waals surface area contributed by atoms with Crippen molar-refractivity contribution < 1.29 is 30.4 Å². The van der Waals surface area contributed by atoms with Crippen LogP contribution in [0.4, 0.5) is 4.79 Å². The van der Waals surface area contributed by atoms with Crippen LogP contribution in [0.2, 0.25) is 0 Å². The first-order valence-corrected chi connectivity index (χ1v) is 7.00. The molecule has 1 amide bonds. The summed E-state index contributed by atoms with van der Waals surface area (Å²) in [4.78, 5) is 22.8. The third-order valence-corrected chi connectivity index (χ3v) is 3.28. The Balaban J connectivity index is 0. The van der Waals surface area contributed by atoms with Crippen molar-refractivity contribution >= 4 is 12.1 Å². The minimum Gasteiger partial charge on any atom is -0.480 e. The molecule has 1 rings (SSSR count). The van der Waals surface area contributed by atoms with E-state index in [4.69, 9.17) is 4.74 Å². The number of aliphatic carboxylic acids is 1. The lowest BCUT2D eigenvalue weighted by atomic mass is 9.85. The summed E-state index contributed by atoms with van der Waals surface area (Å²) in [6.45, 7) is 5.26. The second kappa shape index (κ2) is 9.57. The maximum atomic E-state index is 11.6. The molecular weight excluding hydrogens is 278 g/mol. The van der Waals surface area contributed by atoms with Gasteiger partial charge in [-0.2, -0.15) is 0 Å². The van der Waals surface area contributed by atoms with Gasteiger partial charge in [-0.3, -0.25) is 0 Å². The molecule has 7 heteroatoms. The van der Waals surface area contributed by atoms with Crippen molar-refractivity contribution in [3.8, 4) is 0 Å². The van der Waals surface area contributed by atoms with Crippen LogP contribution in [0.25, 0.3) is 0 Å². The molecule has 0 aliphatic heterocycles. The molecule has 0 unspecified atom stereocenters. The van der Waals surface area contributed by atoms with Gasteiger partial charge in [0.05, 0.1) is 0 Å². The van der Waals surface area contributed by atoms with Crippen LogP contribution in [-0.4, -0.2) is 39.8 Å². The largest absolute Gasteiger partial charge is 0.480 e. The topological polar surface area (TPSA) is 139 Å². The molecule has 1 atom stereocenters. The zero-order valence-electron chi connectivity index (χ0n) is 13.1. The molecule has 126 valence electrons. The smallest absolute Gasteiger partial charge is 0.408 e. The highest BCUT2D eigenvalue weighted by Crippen LogP contribution is 2.27. The van der Waals surface area contributed by atoms with E-state index in [0.29, 0.717) is 12.3 Å². The van der Waals surface area contributed by atoms with E-state index in [2.05, 4.69) is 5.32 Å². The van der Waals surface area contributed by atoms with Gasteiger partial charge in [-0.1, -0.05) is 32.1 Å². The Morgan fingerprint density at radius 2 is 1.71 bits per heavy atom. The Kier molecular flexibility index (Phi) is 10.0. The molecule has 0 aromatic rings. The molecule has 6 N–H and O–H groups in total. The van der Waals surface area contributed by atoms with Gasteiger partial charge >= 0.3 is 12.1 Å². The van der Waals surface area contributed by atoms with Crippen LogP contribution in [-0.2, 0) is 9.53 Å². The number of hydrogen-bond donors (Lipinski definition) is 2. The molecule has 7 nitrogen and oxygen atoms in total. The quantitative estimate of drug-likeness (QED) is 0.807. The molecule has 0 saturated heterocycles. The number of carboxylic acids is 1. The fraction of sp³-hybridized carbons (Fsp3) is 0.857. The van der Waals surface area contributed by atoms with Crippen LogP contribution in [0.1, 0.15) is 59.3 Å². The lowest BCUT2D eigenvalue weighted by molar-refractivity contribution is -0.140. The zero-order chi connectivity index (χ0) is 14.5. The molecule has 0 bridgehead atoms. The summed E-state index contributed by atoms with van der Waals surface area (Å²) in [6.07, 6.45) is 5.49. The van der Waals surface area contributed by atoms with Gasteiger partial charge < -0.3 is 26.1 Å². The van der Waals surface area contributed by atoms with Crippen molar-refractivity contribution in [1.82, 2.24) is 5.32 Å². The van der Waals surface area contributed by atoms with Crippen LogP contribution in [0.3, 0.4) is 0 Å². The second-order valence-corrected chi connectivity index (χ2v) is 6.28. The summed E-state index contributed by atoms with van der Waals surface area (Å²) >= 11 is 0. The van der Waals surface area contributed by atoms with Crippen molar-refractivity contribution in [2.45, 2.75) is 70.9 Å². The number of carboxylic acid groups (broad SMARTS) is 1. The van der Waals surface area contributed by atoms with Gasteiger partial charge in [0.15, 0.2) is 0 Å². The van der Waals surface area contributed by atoms with Gasteiger partial charge in [-0.15, -0.1) is 0 Å². The second-order valence-electron chi connectivity index (χ2n) is 6.28. The van der Waals surface area contributed by atoms with Gasteiger partial charge in [-0.05, 0) is 33.1 Å². The fourth-order valence-electron chi connectivity index (χ4n) is 2.43. The van der Waals surface area contributed by atoms with Crippen molar-refractivity contribution in [1.29, 1.82) is 0 Å². The Morgan fingerprint density at radius 1 is 1.19 bits per heavy atom. The fourth-order valence-corrected chi connectivity index (χ4v) is 2.43. The monoisotopic (exact) mass is 307 g/mol. The number of alkyl carbamates (subject to hydrolysis) is 1. The predicted molar refractivity (Wildman–Crippen MR) is 79.2 cm³/mol. The minimum atomic E-state index is -0.989. The van der Waals surface area contributed by atoms with Crippen molar-refractivity contribution in [2.75, 3.05) is 0 Å².